The Hall–Kier alpha value is -2.18. The Morgan fingerprint density at radius 2 is 2.17 bits per heavy atom. The maximum atomic E-state index is 12.6. The summed E-state index contributed by atoms with van der Waals surface area (Å²) in [4.78, 5) is 28.0. The normalized spacial score (nSPS) is 22.5. The number of piperidine rings is 1. The molecule has 2 amide bonds. The molecule has 23 heavy (non-hydrogen) atoms. The molecule has 1 N–H and O–H groups in total. The number of nitrogens with one attached hydrogen (secondary N) is 1. The molecule has 7 heteroatoms. The number of aromatic nitrogens is 2. The smallest absolute Gasteiger partial charge is 0.227 e. The molecule has 0 aromatic carbocycles. The number of hydrogen-bond donors (Lipinski definition) is 1. The Balaban J connectivity index is 1.49. The van der Waals surface area contributed by atoms with Crippen molar-refractivity contribution >= 4 is 17.6 Å². The van der Waals surface area contributed by atoms with Crippen molar-refractivity contribution in [1.29, 1.82) is 0 Å². The molecule has 2 saturated heterocycles. The zero-order valence-corrected chi connectivity index (χ0v) is 13.4. The van der Waals surface area contributed by atoms with Crippen LogP contribution in [0.5, 0.6) is 0 Å². The number of amides is 2. The predicted molar refractivity (Wildman–Crippen MR) is 85.6 cm³/mol. The highest BCUT2D eigenvalue weighted by Gasteiger charge is 2.36. The second-order valence-electron chi connectivity index (χ2n) is 6.19. The standard InChI is InChI=1S/C16H23N5O2/c1-2-20-11-12(10-15(20)22)16(23)21-8-5-13(6-9-21)18-14-4-3-7-17-19-14/h3-4,7,12-13H,2,5-6,8-11H2,1H3,(H,18,19)/t12-/m1/s1. The van der Waals surface area contributed by atoms with Gasteiger partial charge in [0.2, 0.25) is 11.8 Å². The minimum Gasteiger partial charge on any atom is -0.366 e. The van der Waals surface area contributed by atoms with Crippen molar-refractivity contribution in [3.05, 3.63) is 18.3 Å². The van der Waals surface area contributed by atoms with Crippen LogP contribution >= 0.6 is 0 Å². The lowest BCUT2D eigenvalue weighted by Crippen LogP contribution is -2.45. The maximum Gasteiger partial charge on any atom is 0.227 e. The van der Waals surface area contributed by atoms with Crippen LogP contribution in [0.1, 0.15) is 26.2 Å². The van der Waals surface area contributed by atoms with E-state index in [9.17, 15) is 9.59 Å². The summed E-state index contributed by atoms with van der Waals surface area (Å²) in [6.07, 6.45) is 3.79. The van der Waals surface area contributed by atoms with E-state index < -0.39 is 0 Å². The lowest BCUT2D eigenvalue weighted by atomic mass is 10.0. The van der Waals surface area contributed by atoms with Gasteiger partial charge < -0.3 is 15.1 Å². The molecule has 1 aromatic heterocycles. The Morgan fingerprint density at radius 1 is 1.39 bits per heavy atom. The first-order valence-corrected chi connectivity index (χ1v) is 8.28. The number of hydrogen-bond acceptors (Lipinski definition) is 5. The fourth-order valence-corrected chi connectivity index (χ4v) is 3.33. The van der Waals surface area contributed by atoms with Crippen LogP contribution in [0.4, 0.5) is 5.82 Å². The number of likely N-dealkylation sites (tertiary alicyclic amines) is 2. The zero-order valence-electron chi connectivity index (χ0n) is 13.4. The third kappa shape index (κ3) is 3.60. The number of rotatable bonds is 4. The second kappa shape index (κ2) is 6.93. The quantitative estimate of drug-likeness (QED) is 0.886. The van der Waals surface area contributed by atoms with Crippen LogP contribution in [0.15, 0.2) is 18.3 Å². The molecule has 0 aliphatic carbocycles. The fraction of sp³-hybridized carbons (Fsp3) is 0.625. The van der Waals surface area contributed by atoms with Gasteiger partial charge in [-0.1, -0.05) is 0 Å². The number of anilines is 1. The van der Waals surface area contributed by atoms with Gasteiger partial charge in [-0.15, -0.1) is 5.10 Å². The Labute approximate surface area is 136 Å². The largest absolute Gasteiger partial charge is 0.366 e. The number of carbonyl (C=O) groups excluding carboxylic acids is 2. The summed E-state index contributed by atoms with van der Waals surface area (Å²) in [6.45, 7) is 4.67. The lowest BCUT2D eigenvalue weighted by molar-refractivity contribution is -0.136. The highest BCUT2D eigenvalue weighted by molar-refractivity contribution is 5.89. The summed E-state index contributed by atoms with van der Waals surface area (Å²) >= 11 is 0. The lowest BCUT2D eigenvalue weighted by Gasteiger charge is -2.34. The molecule has 0 radical (unpaired) electrons. The third-order valence-electron chi connectivity index (χ3n) is 4.68. The molecule has 0 bridgehead atoms. The van der Waals surface area contributed by atoms with Gasteiger partial charge in [-0.2, -0.15) is 5.10 Å². The monoisotopic (exact) mass is 317 g/mol. The molecule has 2 aliphatic rings. The number of nitrogens with zero attached hydrogens (tertiary/aromatic N) is 4. The summed E-state index contributed by atoms with van der Waals surface area (Å²) in [6, 6.07) is 4.06. The molecular formula is C16H23N5O2. The van der Waals surface area contributed by atoms with Gasteiger partial charge in [0.25, 0.3) is 0 Å². The zero-order chi connectivity index (χ0) is 16.2. The fourth-order valence-electron chi connectivity index (χ4n) is 3.33. The van der Waals surface area contributed by atoms with Gasteiger partial charge in [0.1, 0.15) is 5.82 Å². The topological polar surface area (TPSA) is 78.4 Å². The van der Waals surface area contributed by atoms with Gasteiger partial charge in [-0.25, -0.2) is 0 Å². The Morgan fingerprint density at radius 3 is 2.78 bits per heavy atom. The summed E-state index contributed by atoms with van der Waals surface area (Å²) in [5.41, 5.74) is 0. The van der Waals surface area contributed by atoms with E-state index in [0.29, 0.717) is 25.6 Å². The van der Waals surface area contributed by atoms with E-state index in [4.69, 9.17) is 0 Å². The molecule has 0 saturated carbocycles. The first-order valence-electron chi connectivity index (χ1n) is 8.28. The van der Waals surface area contributed by atoms with Crippen LogP contribution in [0.3, 0.4) is 0 Å². The Kier molecular flexibility index (Phi) is 4.73. The Bertz CT molecular complexity index is 557. The average Bonchev–Trinajstić information content (AvgIpc) is 2.97. The summed E-state index contributed by atoms with van der Waals surface area (Å²) in [5, 5.41) is 11.2. The molecule has 7 nitrogen and oxygen atoms in total. The van der Waals surface area contributed by atoms with E-state index in [0.717, 1.165) is 31.7 Å². The second-order valence-corrected chi connectivity index (χ2v) is 6.19. The minimum atomic E-state index is -0.160. The molecule has 2 fully saturated rings. The highest BCUT2D eigenvalue weighted by Crippen LogP contribution is 2.22. The van der Waals surface area contributed by atoms with Crippen molar-refractivity contribution in [3.63, 3.8) is 0 Å². The van der Waals surface area contributed by atoms with Crippen LogP contribution in [0.25, 0.3) is 0 Å². The summed E-state index contributed by atoms with van der Waals surface area (Å²) < 4.78 is 0. The van der Waals surface area contributed by atoms with Crippen molar-refractivity contribution < 1.29 is 9.59 Å². The van der Waals surface area contributed by atoms with E-state index in [2.05, 4.69) is 15.5 Å². The van der Waals surface area contributed by atoms with Gasteiger partial charge in [-0.3, -0.25) is 9.59 Å². The van der Waals surface area contributed by atoms with Crippen LogP contribution < -0.4 is 5.32 Å². The molecule has 0 spiro atoms. The van der Waals surface area contributed by atoms with E-state index in [1.54, 1.807) is 11.1 Å². The van der Waals surface area contributed by atoms with Crippen LogP contribution in [-0.2, 0) is 9.59 Å². The van der Waals surface area contributed by atoms with Crippen molar-refractivity contribution in [2.24, 2.45) is 5.92 Å². The molecule has 3 rings (SSSR count). The SMILES string of the molecule is CCN1C[C@H](C(=O)N2CCC(Nc3cccnn3)CC2)CC1=O. The molecule has 2 aliphatic heterocycles. The first-order chi connectivity index (χ1) is 11.2. The van der Waals surface area contributed by atoms with E-state index in [-0.39, 0.29) is 17.7 Å². The minimum absolute atomic E-state index is 0.102. The van der Waals surface area contributed by atoms with Crippen molar-refractivity contribution in [3.8, 4) is 0 Å². The molecule has 0 unspecified atom stereocenters. The van der Waals surface area contributed by atoms with Crippen LogP contribution in [0, 0.1) is 5.92 Å². The molecule has 1 atom stereocenters. The third-order valence-corrected chi connectivity index (χ3v) is 4.68. The summed E-state index contributed by atoms with van der Waals surface area (Å²) in [7, 11) is 0. The first kappa shape index (κ1) is 15.7. The molecule has 124 valence electrons. The van der Waals surface area contributed by atoms with Crippen LogP contribution in [0.2, 0.25) is 0 Å². The summed E-state index contributed by atoms with van der Waals surface area (Å²) in [5.74, 6) is 0.849. The van der Waals surface area contributed by atoms with Gasteiger partial charge >= 0.3 is 0 Å². The van der Waals surface area contributed by atoms with Crippen molar-refractivity contribution in [1.82, 2.24) is 20.0 Å². The van der Waals surface area contributed by atoms with Crippen LogP contribution in [-0.4, -0.2) is 64.0 Å². The van der Waals surface area contributed by atoms with Gasteiger partial charge in [0.05, 0.1) is 5.92 Å². The average molecular weight is 317 g/mol. The van der Waals surface area contributed by atoms with Gasteiger partial charge in [0, 0.05) is 44.8 Å². The molecule has 1 aromatic rings. The van der Waals surface area contributed by atoms with E-state index >= 15 is 0 Å². The molecular weight excluding hydrogens is 294 g/mol. The highest BCUT2D eigenvalue weighted by atomic mass is 16.2. The van der Waals surface area contributed by atoms with Gasteiger partial charge in [0.15, 0.2) is 0 Å². The van der Waals surface area contributed by atoms with E-state index in [1.807, 2.05) is 24.0 Å². The van der Waals surface area contributed by atoms with E-state index in [1.165, 1.54) is 0 Å². The molecule has 3 heterocycles. The maximum absolute atomic E-state index is 12.6. The van der Waals surface area contributed by atoms with Crippen molar-refractivity contribution in [2.75, 3.05) is 31.5 Å². The van der Waals surface area contributed by atoms with Crippen molar-refractivity contribution in [2.45, 2.75) is 32.2 Å². The van der Waals surface area contributed by atoms with Gasteiger partial charge in [-0.05, 0) is 31.9 Å². The number of carbonyl (C=O) groups is 2. The predicted octanol–water partition coefficient (Wildman–Crippen LogP) is 0.748.